The van der Waals surface area contributed by atoms with Crippen molar-refractivity contribution in [3.05, 3.63) is 17.6 Å². The van der Waals surface area contributed by atoms with Crippen molar-refractivity contribution < 1.29 is 0 Å². The summed E-state index contributed by atoms with van der Waals surface area (Å²) in [5.74, 6) is 1.46. The van der Waals surface area contributed by atoms with Crippen molar-refractivity contribution in [3.8, 4) is 0 Å². The highest BCUT2D eigenvalue weighted by atomic mass is 35.5. The molecule has 0 saturated heterocycles. The molecule has 1 aromatic heterocycles. The SMILES string of the molecule is CC(C)C(Cl)CNc1ncnc2c1CCCC2. The van der Waals surface area contributed by atoms with Gasteiger partial charge in [0.15, 0.2) is 0 Å². The van der Waals surface area contributed by atoms with Gasteiger partial charge in [-0.25, -0.2) is 9.97 Å². The molecule has 0 fully saturated rings. The van der Waals surface area contributed by atoms with Crippen LogP contribution in [0.3, 0.4) is 0 Å². The van der Waals surface area contributed by atoms with E-state index in [9.17, 15) is 0 Å². The van der Waals surface area contributed by atoms with Crippen LogP contribution in [0.5, 0.6) is 0 Å². The number of hydrogen-bond donors (Lipinski definition) is 1. The van der Waals surface area contributed by atoms with Crippen LogP contribution in [-0.2, 0) is 12.8 Å². The second-order valence-electron chi connectivity index (χ2n) is 5.00. The monoisotopic (exact) mass is 253 g/mol. The van der Waals surface area contributed by atoms with Gasteiger partial charge in [0, 0.05) is 17.8 Å². The lowest BCUT2D eigenvalue weighted by atomic mass is 9.96. The molecule has 0 aromatic carbocycles. The van der Waals surface area contributed by atoms with Gasteiger partial charge >= 0.3 is 0 Å². The third-order valence-electron chi connectivity index (χ3n) is 3.31. The molecule has 1 aliphatic carbocycles. The number of aromatic nitrogens is 2. The summed E-state index contributed by atoms with van der Waals surface area (Å²) in [7, 11) is 0. The second kappa shape index (κ2) is 5.67. The van der Waals surface area contributed by atoms with Crippen LogP contribution in [-0.4, -0.2) is 21.9 Å². The van der Waals surface area contributed by atoms with E-state index in [1.165, 1.54) is 24.1 Å². The maximum atomic E-state index is 6.24. The number of aryl methyl sites for hydroxylation is 1. The van der Waals surface area contributed by atoms with Gasteiger partial charge in [0.1, 0.15) is 12.1 Å². The van der Waals surface area contributed by atoms with E-state index in [1.807, 2.05) is 0 Å². The molecule has 0 amide bonds. The first-order valence-corrected chi connectivity index (χ1v) is 6.83. The number of hydrogen-bond acceptors (Lipinski definition) is 3. The molecule has 0 saturated carbocycles. The van der Waals surface area contributed by atoms with Gasteiger partial charge in [0.2, 0.25) is 0 Å². The van der Waals surface area contributed by atoms with E-state index in [0.29, 0.717) is 5.92 Å². The highest BCUT2D eigenvalue weighted by Gasteiger charge is 2.16. The molecule has 94 valence electrons. The van der Waals surface area contributed by atoms with Crippen LogP contribution in [0.1, 0.15) is 37.9 Å². The molecule has 0 spiro atoms. The first-order valence-electron chi connectivity index (χ1n) is 6.39. The highest BCUT2D eigenvalue weighted by Crippen LogP contribution is 2.24. The Morgan fingerprint density at radius 1 is 1.29 bits per heavy atom. The minimum atomic E-state index is 0.143. The van der Waals surface area contributed by atoms with Crippen LogP contribution < -0.4 is 5.32 Å². The Labute approximate surface area is 108 Å². The third-order valence-corrected chi connectivity index (χ3v) is 3.97. The molecule has 1 N–H and O–H groups in total. The van der Waals surface area contributed by atoms with Crippen molar-refractivity contribution in [2.24, 2.45) is 5.92 Å². The van der Waals surface area contributed by atoms with E-state index in [0.717, 1.165) is 25.2 Å². The second-order valence-corrected chi connectivity index (χ2v) is 5.56. The standard InChI is InChI=1S/C13H20ClN3/c1-9(2)11(14)7-15-13-10-5-3-4-6-12(10)16-8-17-13/h8-9,11H,3-7H2,1-2H3,(H,15,16,17). The van der Waals surface area contributed by atoms with E-state index in [2.05, 4.69) is 29.1 Å². The lowest BCUT2D eigenvalue weighted by Gasteiger charge is -2.20. The average Bonchev–Trinajstić information content (AvgIpc) is 2.35. The van der Waals surface area contributed by atoms with Gasteiger partial charge < -0.3 is 5.32 Å². The zero-order chi connectivity index (χ0) is 12.3. The van der Waals surface area contributed by atoms with E-state index < -0.39 is 0 Å². The predicted octanol–water partition coefficient (Wildman–Crippen LogP) is 3.03. The van der Waals surface area contributed by atoms with Crippen LogP contribution in [0.2, 0.25) is 0 Å². The smallest absolute Gasteiger partial charge is 0.132 e. The zero-order valence-corrected chi connectivity index (χ0v) is 11.3. The van der Waals surface area contributed by atoms with E-state index >= 15 is 0 Å². The summed E-state index contributed by atoms with van der Waals surface area (Å²) >= 11 is 6.24. The zero-order valence-electron chi connectivity index (χ0n) is 10.5. The van der Waals surface area contributed by atoms with Gasteiger partial charge in [-0.3, -0.25) is 0 Å². The molecular weight excluding hydrogens is 234 g/mol. The quantitative estimate of drug-likeness (QED) is 0.839. The first kappa shape index (κ1) is 12.6. The van der Waals surface area contributed by atoms with Gasteiger partial charge in [-0.2, -0.15) is 0 Å². The third kappa shape index (κ3) is 3.09. The van der Waals surface area contributed by atoms with E-state index in [4.69, 9.17) is 11.6 Å². The minimum absolute atomic E-state index is 0.143. The Balaban J connectivity index is 2.06. The highest BCUT2D eigenvalue weighted by molar-refractivity contribution is 6.21. The van der Waals surface area contributed by atoms with Gasteiger partial charge in [0.25, 0.3) is 0 Å². The van der Waals surface area contributed by atoms with Gasteiger partial charge in [-0.15, -0.1) is 11.6 Å². The Bertz CT molecular complexity index is 379. The van der Waals surface area contributed by atoms with Crippen molar-refractivity contribution >= 4 is 17.4 Å². The Hall–Kier alpha value is -0.830. The lowest BCUT2D eigenvalue weighted by Crippen LogP contribution is -2.21. The maximum Gasteiger partial charge on any atom is 0.132 e. The van der Waals surface area contributed by atoms with Crippen LogP contribution in [0.25, 0.3) is 0 Å². The van der Waals surface area contributed by atoms with E-state index in [1.54, 1.807) is 6.33 Å². The number of nitrogens with zero attached hydrogens (tertiary/aromatic N) is 2. The number of anilines is 1. The molecule has 2 rings (SSSR count). The van der Waals surface area contributed by atoms with Crippen LogP contribution in [0.4, 0.5) is 5.82 Å². The van der Waals surface area contributed by atoms with Crippen LogP contribution in [0, 0.1) is 5.92 Å². The molecule has 4 heteroatoms. The first-order chi connectivity index (χ1) is 8.18. The lowest BCUT2D eigenvalue weighted by molar-refractivity contribution is 0.613. The molecule has 1 atom stereocenters. The van der Waals surface area contributed by atoms with Crippen LogP contribution >= 0.6 is 11.6 Å². The van der Waals surface area contributed by atoms with E-state index in [-0.39, 0.29) is 5.38 Å². The number of fused-ring (bicyclic) bond motifs is 1. The molecule has 0 bridgehead atoms. The number of nitrogens with one attached hydrogen (secondary N) is 1. The summed E-state index contributed by atoms with van der Waals surface area (Å²) < 4.78 is 0. The molecule has 1 unspecified atom stereocenters. The fourth-order valence-corrected chi connectivity index (χ4v) is 2.18. The Kier molecular flexibility index (Phi) is 4.21. The summed E-state index contributed by atoms with van der Waals surface area (Å²) in [6, 6.07) is 0. The van der Waals surface area contributed by atoms with Gasteiger partial charge in [-0.05, 0) is 31.6 Å². The fraction of sp³-hybridized carbons (Fsp3) is 0.692. The predicted molar refractivity (Wildman–Crippen MR) is 71.6 cm³/mol. The molecule has 17 heavy (non-hydrogen) atoms. The van der Waals surface area contributed by atoms with Crippen molar-refractivity contribution in [3.63, 3.8) is 0 Å². The molecule has 1 heterocycles. The topological polar surface area (TPSA) is 37.8 Å². The molecule has 1 aromatic rings. The fourth-order valence-electron chi connectivity index (χ4n) is 2.10. The van der Waals surface area contributed by atoms with Crippen molar-refractivity contribution in [2.75, 3.05) is 11.9 Å². The molecular formula is C13H20ClN3. The van der Waals surface area contributed by atoms with Crippen LogP contribution in [0.15, 0.2) is 6.33 Å². The van der Waals surface area contributed by atoms with Gasteiger partial charge in [0.05, 0.1) is 5.38 Å². The summed E-state index contributed by atoms with van der Waals surface area (Å²) in [6.07, 6.45) is 6.32. The summed E-state index contributed by atoms with van der Waals surface area (Å²) in [5, 5.41) is 3.51. The normalized spacial score (nSPS) is 16.7. The average molecular weight is 254 g/mol. The largest absolute Gasteiger partial charge is 0.368 e. The Morgan fingerprint density at radius 2 is 2.06 bits per heavy atom. The molecule has 0 radical (unpaired) electrons. The number of rotatable bonds is 4. The maximum absolute atomic E-state index is 6.24. The molecule has 3 nitrogen and oxygen atoms in total. The van der Waals surface area contributed by atoms with Crippen molar-refractivity contribution in [1.82, 2.24) is 9.97 Å². The summed E-state index contributed by atoms with van der Waals surface area (Å²) in [6.45, 7) is 5.03. The molecule has 0 aliphatic heterocycles. The van der Waals surface area contributed by atoms with Crippen molar-refractivity contribution in [2.45, 2.75) is 44.9 Å². The number of alkyl halides is 1. The minimum Gasteiger partial charge on any atom is -0.368 e. The summed E-state index contributed by atoms with van der Waals surface area (Å²) in [4.78, 5) is 8.70. The van der Waals surface area contributed by atoms with Gasteiger partial charge in [-0.1, -0.05) is 13.8 Å². The summed E-state index contributed by atoms with van der Waals surface area (Å²) in [5.41, 5.74) is 2.51. The number of halogens is 1. The molecule has 1 aliphatic rings. The Morgan fingerprint density at radius 3 is 2.82 bits per heavy atom. The van der Waals surface area contributed by atoms with Crippen molar-refractivity contribution in [1.29, 1.82) is 0 Å².